The van der Waals surface area contributed by atoms with Crippen molar-refractivity contribution in [3.8, 4) is 5.75 Å². The van der Waals surface area contributed by atoms with Gasteiger partial charge in [0.1, 0.15) is 5.56 Å². The fraction of sp³-hybridized carbons (Fsp3) is 0.0588. The summed E-state index contributed by atoms with van der Waals surface area (Å²) in [7, 11) is 1.50. The minimum Gasteiger partial charge on any atom is -0.493 e. The van der Waals surface area contributed by atoms with E-state index in [9.17, 15) is 10.0 Å². The molecule has 0 fully saturated rings. The number of fused-ring (bicyclic) bond motifs is 1. The van der Waals surface area contributed by atoms with Gasteiger partial charge in [-0.15, -0.1) is 0 Å². The number of ether oxygens (including phenoxy) is 1. The zero-order valence-corrected chi connectivity index (χ0v) is 13.4. The van der Waals surface area contributed by atoms with Crippen LogP contribution in [0.3, 0.4) is 0 Å². The molecule has 3 aromatic rings. The smallest absolute Gasteiger partial charge is 0.268 e. The van der Waals surface area contributed by atoms with Crippen LogP contribution >= 0.6 is 11.6 Å². The molecule has 0 aliphatic heterocycles. The monoisotopic (exact) mass is 344 g/mol. The summed E-state index contributed by atoms with van der Waals surface area (Å²) in [6, 6.07) is 13.5. The van der Waals surface area contributed by atoms with Gasteiger partial charge < -0.3 is 19.7 Å². The Morgan fingerprint density at radius 3 is 2.67 bits per heavy atom. The molecule has 2 aromatic carbocycles. The summed E-state index contributed by atoms with van der Waals surface area (Å²) < 4.78 is 10.7. The first-order chi connectivity index (χ1) is 11.6. The van der Waals surface area contributed by atoms with E-state index in [1.165, 1.54) is 7.11 Å². The maximum absolute atomic E-state index is 12.5. The number of benzene rings is 2. The number of amides is 1. The van der Waals surface area contributed by atoms with Crippen molar-refractivity contribution in [3.05, 3.63) is 64.7 Å². The third-order valence-electron chi connectivity index (χ3n) is 3.40. The van der Waals surface area contributed by atoms with Crippen LogP contribution in [0.4, 0.5) is 5.69 Å². The van der Waals surface area contributed by atoms with E-state index in [4.69, 9.17) is 20.8 Å². The van der Waals surface area contributed by atoms with Crippen molar-refractivity contribution in [2.75, 3.05) is 12.4 Å². The van der Waals surface area contributed by atoms with Crippen LogP contribution in [0.5, 0.6) is 5.75 Å². The van der Waals surface area contributed by atoms with Gasteiger partial charge >= 0.3 is 0 Å². The molecule has 24 heavy (non-hydrogen) atoms. The van der Waals surface area contributed by atoms with Crippen LogP contribution in [0.2, 0.25) is 5.02 Å². The van der Waals surface area contributed by atoms with Crippen LogP contribution in [0.25, 0.3) is 11.0 Å². The Bertz CT molecular complexity index is 964. The van der Waals surface area contributed by atoms with Crippen molar-refractivity contribution >= 4 is 34.2 Å². The SMILES string of the molecule is COc1cccc2cc(C(=O)Nc3ccc(Cl)cc3)c(=NO)oc12. The molecule has 0 bridgehead atoms. The maximum Gasteiger partial charge on any atom is 0.268 e. The van der Waals surface area contributed by atoms with Crippen molar-refractivity contribution < 1.29 is 19.2 Å². The number of methoxy groups -OCH3 is 1. The molecule has 1 heterocycles. The van der Waals surface area contributed by atoms with Crippen LogP contribution < -0.4 is 15.6 Å². The minimum absolute atomic E-state index is 0.0909. The van der Waals surface area contributed by atoms with Crippen LogP contribution in [0, 0.1) is 0 Å². The van der Waals surface area contributed by atoms with Gasteiger partial charge in [-0.2, -0.15) is 0 Å². The molecule has 0 saturated carbocycles. The minimum atomic E-state index is -0.474. The molecule has 0 aliphatic carbocycles. The lowest BCUT2D eigenvalue weighted by atomic mass is 10.1. The maximum atomic E-state index is 12.5. The van der Waals surface area contributed by atoms with Crippen LogP contribution in [-0.2, 0) is 0 Å². The lowest BCUT2D eigenvalue weighted by molar-refractivity contribution is 0.102. The molecule has 1 amide bonds. The molecule has 6 nitrogen and oxygen atoms in total. The molecule has 122 valence electrons. The fourth-order valence-corrected chi connectivity index (χ4v) is 2.38. The molecular weight excluding hydrogens is 332 g/mol. The summed E-state index contributed by atoms with van der Waals surface area (Å²) in [6.45, 7) is 0. The van der Waals surface area contributed by atoms with E-state index in [0.29, 0.717) is 27.4 Å². The number of anilines is 1. The highest BCUT2D eigenvalue weighted by Crippen LogP contribution is 2.24. The van der Waals surface area contributed by atoms with E-state index in [-0.39, 0.29) is 11.1 Å². The normalized spacial score (nSPS) is 11.5. The second-order valence-electron chi connectivity index (χ2n) is 4.90. The summed E-state index contributed by atoms with van der Waals surface area (Å²) in [5.41, 5.74) is 0.821. The van der Waals surface area contributed by atoms with Crippen molar-refractivity contribution in [2.24, 2.45) is 5.16 Å². The predicted octanol–water partition coefficient (Wildman–Crippen LogP) is 3.64. The van der Waals surface area contributed by atoms with E-state index < -0.39 is 5.91 Å². The van der Waals surface area contributed by atoms with Gasteiger partial charge in [0.2, 0.25) is 0 Å². The number of para-hydroxylation sites is 1. The summed E-state index contributed by atoms with van der Waals surface area (Å²) >= 11 is 5.82. The second kappa shape index (κ2) is 6.64. The third kappa shape index (κ3) is 3.04. The number of halogens is 1. The highest BCUT2D eigenvalue weighted by Gasteiger charge is 2.15. The Morgan fingerprint density at radius 1 is 1.25 bits per heavy atom. The zero-order chi connectivity index (χ0) is 17.1. The second-order valence-corrected chi connectivity index (χ2v) is 5.34. The first-order valence-corrected chi connectivity index (χ1v) is 7.36. The number of rotatable bonds is 3. The van der Waals surface area contributed by atoms with Gasteiger partial charge in [0.15, 0.2) is 11.3 Å². The zero-order valence-electron chi connectivity index (χ0n) is 12.6. The quantitative estimate of drug-likeness (QED) is 0.561. The van der Waals surface area contributed by atoms with Gasteiger partial charge in [-0.1, -0.05) is 23.7 Å². The largest absolute Gasteiger partial charge is 0.493 e. The van der Waals surface area contributed by atoms with Gasteiger partial charge in [0.25, 0.3) is 11.5 Å². The Hall–Kier alpha value is -2.99. The standard InChI is InChI=1S/C17H13ClN2O4/c1-23-14-4-2-3-10-9-13(17(20-22)24-15(10)14)16(21)19-12-7-5-11(18)6-8-12/h2-9,22H,1H3,(H,19,21). The summed E-state index contributed by atoms with van der Waals surface area (Å²) in [5, 5.41) is 16.2. The molecule has 1 aromatic heterocycles. The van der Waals surface area contributed by atoms with E-state index in [2.05, 4.69) is 10.5 Å². The molecule has 0 spiro atoms. The van der Waals surface area contributed by atoms with Gasteiger partial charge in [0, 0.05) is 16.1 Å². The van der Waals surface area contributed by atoms with Crippen LogP contribution in [0.1, 0.15) is 10.4 Å². The molecule has 3 rings (SSSR count). The number of nitrogens with one attached hydrogen (secondary N) is 1. The molecule has 0 unspecified atom stereocenters. The van der Waals surface area contributed by atoms with Gasteiger partial charge in [-0.05, 0) is 41.6 Å². The van der Waals surface area contributed by atoms with Crippen molar-refractivity contribution in [1.29, 1.82) is 0 Å². The molecule has 0 atom stereocenters. The number of hydrogen-bond donors (Lipinski definition) is 2. The van der Waals surface area contributed by atoms with E-state index in [1.54, 1.807) is 48.5 Å². The molecule has 7 heteroatoms. The molecule has 0 saturated heterocycles. The molecular formula is C17H13ClN2O4. The summed E-state index contributed by atoms with van der Waals surface area (Å²) in [6.07, 6.45) is 0. The first-order valence-electron chi connectivity index (χ1n) is 6.98. The van der Waals surface area contributed by atoms with Gasteiger partial charge in [0.05, 0.1) is 7.11 Å². The number of hydrogen-bond acceptors (Lipinski definition) is 5. The third-order valence-corrected chi connectivity index (χ3v) is 3.65. The van der Waals surface area contributed by atoms with Crippen LogP contribution in [-0.4, -0.2) is 18.2 Å². The Morgan fingerprint density at radius 2 is 2.00 bits per heavy atom. The highest BCUT2D eigenvalue weighted by molar-refractivity contribution is 6.30. The molecule has 2 N–H and O–H groups in total. The lowest BCUT2D eigenvalue weighted by Crippen LogP contribution is -2.21. The van der Waals surface area contributed by atoms with Crippen molar-refractivity contribution in [1.82, 2.24) is 0 Å². The van der Waals surface area contributed by atoms with E-state index >= 15 is 0 Å². The highest BCUT2D eigenvalue weighted by atomic mass is 35.5. The van der Waals surface area contributed by atoms with Crippen LogP contribution in [0.15, 0.2) is 58.1 Å². The first kappa shape index (κ1) is 15.9. The number of carbonyl (C=O) groups excluding carboxylic acids is 1. The van der Waals surface area contributed by atoms with Gasteiger partial charge in [-0.3, -0.25) is 4.79 Å². The summed E-state index contributed by atoms with van der Waals surface area (Å²) in [4.78, 5) is 12.5. The Balaban J connectivity index is 2.05. The average molecular weight is 345 g/mol. The predicted molar refractivity (Wildman–Crippen MR) is 89.5 cm³/mol. The average Bonchev–Trinajstić information content (AvgIpc) is 2.61. The molecule has 0 radical (unpaired) electrons. The fourth-order valence-electron chi connectivity index (χ4n) is 2.25. The summed E-state index contributed by atoms with van der Waals surface area (Å²) in [5.74, 6) is 0.000603. The van der Waals surface area contributed by atoms with Crippen molar-refractivity contribution in [2.45, 2.75) is 0 Å². The Labute approximate surface area is 141 Å². The lowest BCUT2D eigenvalue weighted by Gasteiger charge is -2.08. The van der Waals surface area contributed by atoms with E-state index in [0.717, 1.165) is 0 Å². The topological polar surface area (TPSA) is 84.1 Å². The Kier molecular flexibility index (Phi) is 4.39. The molecule has 0 aliphatic rings. The van der Waals surface area contributed by atoms with Gasteiger partial charge in [-0.25, -0.2) is 0 Å². The number of carbonyl (C=O) groups is 1. The van der Waals surface area contributed by atoms with Crippen molar-refractivity contribution in [3.63, 3.8) is 0 Å². The van der Waals surface area contributed by atoms with E-state index in [1.807, 2.05) is 0 Å². The number of nitrogens with zero attached hydrogens (tertiary/aromatic N) is 1.